The van der Waals surface area contributed by atoms with Crippen LogP contribution in [0.2, 0.25) is 0 Å². The molecule has 1 saturated carbocycles. The molecule has 0 radical (unpaired) electrons. The minimum absolute atomic E-state index is 0. The fourth-order valence-electron chi connectivity index (χ4n) is 3.49. The van der Waals surface area contributed by atoms with Crippen LogP contribution >= 0.6 is 24.8 Å². The number of nitrogens with zero attached hydrogens (tertiary/aromatic N) is 1. The summed E-state index contributed by atoms with van der Waals surface area (Å²) in [6, 6.07) is 0.248. The molecule has 6 nitrogen and oxygen atoms in total. The monoisotopic (exact) mass is 368 g/mol. The van der Waals surface area contributed by atoms with Gasteiger partial charge in [-0.15, -0.1) is 24.8 Å². The summed E-state index contributed by atoms with van der Waals surface area (Å²) in [6.07, 6.45) is 5.01. The number of piperidine rings is 1. The highest BCUT2D eigenvalue weighted by Gasteiger charge is 2.33. The number of hydrogen-bond donors (Lipinski definition) is 3. The molecule has 23 heavy (non-hydrogen) atoms. The molecule has 0 spiro atoms. The summed E-state index contributed by atoms with van der Waals surface area (Å²) in [5, 5.41) is 5.83. The van der Waals surface area contributed by atoms with Gasteiger partial charge in [0.05, 0.1) is 6.54 Å². The van der Waals surface area contributed by atoms with Crippen LogP contribution in [0.1, 0.15) is 32.1 Å². The molecule has 4 N–H and O–H groups in total. The van der Waals surface area contributed by atoms with Gasteiger partial charge in [-0.25, -0.2) is 0 Å². The Labute approximate surface area is 151 Å². The molecule has 0 unspecified atom stereocenters. The number of likely N-dealkylation sites (tertiary alicyclic amines) is 1. The molecule has 0 bridgehead atoms. The highest BCUT2D eigenvalue weighted by molar-refractivity contribution is 5.85. The van der Waals surface area contributed by atoms with Crippen molar-refractivity contribution >= 4 is 36.6 Å². The van der Waals surface area contributed by atoms with Crippen LogP contribution in [0.3, 0.4) is 0 Å². The Morgan fingerprint density at radius 3 is 2.35 bits per heavy atom. The normalized spacial score (nSPS) is 25.1. The summed E-state index contributed by atoms with van der Waals surface area (Å²) < 4.78 is 0. The number of nitrogens with two attached hydrogens (primary N) is 1. The highest BCUT2D eigenvalue weighted by atomic mass is 35.5. The predicted molar refractivity (Wildman–Crippen MR) is 96.1 cm³/mol. The summed E-state index contributed by atoms with van der Waals surface area (Å²) in [5.74, 6) is 0.708. The summed E-state index contributed by atoms with van der Waals surface area (Å²) in [4.78, 5) is 25.8. The maximum Gasteiger partial charge on any atom is 0.233 e. The van der Waals surface area contributed by atoms with E-state index in [4.69, 9.17) is 5.73 Å². The van der Waals surface area contributed by atoms with Gasteiger partial charge >= 0.3 is 0 Å². The van der Waals surface area contributed by atoms with E-state index in [0.29, 0.717) is 19.0 Å². The largest absolute Gasteiger partial charge is 0.358 e. The minimum atomic E-state index is 0. The first-order chi connectivity index (χ1) is 10.1. The molecule has 2 aliphatic rings. The van der Waals surface area contributed by atoms with Crippen LogP contribution in [0, 0.1) is 11.8 Å². The average molecular weight is 369 g/mol. The minimum Gasteiger partial charge on any atom is -0.358 e. The van der Waals surface area contributed by atoms with Crippen LogP contribution in [0.25, 0.3) is 0 Å². The topological polar surface area (TPSA) is 87.5 Å². The molecule has 1 aliphatic carbocycles. The number of amides is 2. The fraction of sp³-hybridized carbons (Fsp3) is 0.867. The van der Waals surface area contributed by atoms with Gasteiger partial charge in [-0.2, -0.15) is 0 Å². The second-order valence-corrected chi connectivity index (χ2v) is 6.27. The lowest BCUT2D eigenvalue weighted by Gasteiger charge is -2.32. The third kappa shape index (κ3) is 6.45. The maximum atomic E-state index is 12.3. The van der Waals surface area contributed by atoms with Crippen molar-refractivity contribution in [2.75, 3.05) is 33.2 Å². The molecule has 2 atom stereocenters. The van der Waals surface area contributed by atoms with Gasteiger partial charge in [-0.05, 0) is 38.1 Å². The third-order valence-corrected chi connectivity index (χ3v) is 4.88. The zero-order valence-electron chi connectivity index (χ0n) is 13.8. The zero-order valence-corrected chi connectivity index (χ0v) is 15.4. The van der Waals surface area contributed by atoms with E-state index in [1.165, 1.54) is 0 Å². The summed E-state index contributed by atoms with van der Waals surface area (Å²) in [5.41, 5.74) is 5.75. The van der Waals surface area contributed by atoms with E-state index < -0.39 is 0 Å². The van der Waals surface area contributed by atoms with E-state index in [9.17, 15) is 9.59 Å². The van der Waals surface area contributed by atoms with E-state index in [1.54, 1.807) is 7.05 Å². The molecule has 0 aromatic rings. The highest BCUT2D eigenvalue weighted by Crippen LogP contribution is 2.31. The number of halogens is 2. The Hall–Kier alpha value is -0.560. The van der Waals surface area contributed by atoms with Crippen LogP contribution in [-0.4, -0.2) is 56.0 Å². The summed E-state index contributed by atoms with van der Waals surface area (Å²) >= 11 is 0. The number of carbonyl (C=O) groups excluding carboxylic acids is 2. The van der Waals surface area contributed by atoms with Gasteiger partial charge in [0.15, 0.2) is 0 Å². The first kappa shape index (κ1) is 22.4. The molecular formula is C15H30Cl2N4O2. The lowest BCUT2D eigenvalue weighted by molar-refractivity contribution is -0.127. The summed E-state index contributed by atoms with van der Waals surface area (Å²) in [6.45, 7) is 2.80. The molecule has 1 aliphatic heterocycles. The molecule has 8 heteroatoms. The van der Waals surface area contributed by atoms with Crippen LogP contribution in [0.5, 0.6) is 0 Å². The number of hydrogen-bond acceptors (Lipinski definition) is 4. The molecule has 136 valence electrons. The van der Waals surface area contributed by atoms with Crippen molar-refractivity contribution in [2.24, 2.45) is 17.6 Å². The van der Waals surface area contributed by atoms with E-state index in [0.717, 1.165) is 45.2 Å². The Morgan fingerprint density at radius 1 is 1.13 bits per heavy atom. The third-order valence-electron chi connectivity index (χ3n) is 4.88. The van der Waals surface area contributed by atoms with Crippen LogP contribution < -0.4 is 16.4 Å². The Morgan fingerprint density at radius 2 is 1.78 bits per heavy atom. The quantitative estimate of drug-likeness (QED) is 0.660. The SMILES string of the molecule is CNC(=O)CN1CCC(NC(=O)[C@@H]2CCC[C@@H]2CN)CC1.Cl.Cl. The second-order valence-electron chi connectivity index (χ2n) is 6.27. The lowest BCUT2D eigenvalue weighted by atomic mass is 9.94. The molecule has 0 aromatic heterocycles. The van der Waals surface area contributed by atoms with Gasteiger partial charge < -0.3 is 16.4 Å². The molecule has 2 fully saturated rings. The Bertz CT molecular complexity index is 376. The van der Waals surface area contributed by atoms with E-state index in [-0.39, 0.29) is 48.6 Å². The van der Waals surface area contributed by atoms with Crippen molar-refractivity contribution in [1.29, 1.82) is 0 Å². The van der Waals surface area contributed by atoms with Crippen LogP contribution in [-0.2, 0) is 9.59 Å². The van der Waals surface area contributed by atoms with Gasteiger partial charge in [0.25, 0.3) is 0 Å². The molecule has 2 amide bonds. The average Bonchev–Trinajstić information content (AvgIpc) is 2.97. The Balaban J connectivity index is 0.00000242. The van der Waals surface area contributed by atoms with Crippen molar-refractivity contribution < 1.29 is 9.59 Å². The molecule has 2 rings (SSSR count). The van der Waals surface area contributed by atoms with Gasteiger partial charge in [0.2, 0.25) is 11.8 Å². The van der Waals surface area contributed by atoms with E-state index in [1.807, 2.05) is 0 Å². The molecule has 1 saturated heterocycles. The molecule has 1 heterocycles. The van der Waals surface area contributed by atoms with Crippen molar-refractivity contribution in [1.82, 2.24) is 15.5 Å². The smallest absolute Gasteiger partial charge is 0.233 e. The van der Waals surface area contributed by atoms with Crippen LogP contribution in [0.15, 0.2) is 0 Å². The van der Waals surface area contributed by atoms with Crippen molar-refractivity contribution in [3.05, 3.63) is 0 Å². The first-order valence-electron chi connectivity index (χ1n) is 8.07. The number of nitrogens with one attached hydrogen (secondary N) is 2. The van der Waals surface area contributed by atoms with Crippen molar-refractivity contribution in [3.8, 4) is 0 Å². The maximum absolute atomic E-state index is 12.3. The standard InChI is InChI=1S/C15H28N4O2.2ClH/c1-17-14(20)10-19-7-5-12(6-8-19)18-15(21)13-4-2-3-11(13)9-16;;/h11-13H,2-10,16H2,1H3,(H,17,20)(H,18,21);2*1H/t11-,13-;;/m1../s1. The zero-order chi connectivity index (χ0) is 15.2. The van der Waals surface area contributed by atoms with Crippen molar-refractivity contribution in [3.63, 3.8) is 0 Å². The van der Waals surface area contributed by atoms with Gasteiger partial charge in [-0.1, -0.05) is 6.42 Å². The Kier molecular flexibility index (Phi) is 10.8. The lowest BCUT2D eigenvalue weighted by Crippen LogP contribution is -2.48. The number of rotatable bonds is 5. The number of likely N-dealkylation sites (N-methyl/N-ethyl adjacent to an activating group) is 1. The number of carbonyl (C=O) groups is 2. The van der Waals surface area contributed by atoms with Gasteiger partial charge in [0.1, 0.15) is 0 Å². The molecule has 0 aromatic carbocycles. The molecular weight excluding hydrogens is 339 g/mol. The first-order valence-corrected chi connectivity index (χ1v) is 8.07. The van der Waals surface area contributed by atoms with Gasteiger partial charge in [0, 0.05) is 32.1 Å². The summed E-state index contributed by atoms with van der Waals surface area (Å²) in [7, 11) is 1.66. The predicted octanol–water partition coefficient (Wildman–Crippen LogP) is 0.532. The van der Waals surface area contributed by atoms with Crippen molar-refractivity contribution in [2.45, 2.75) is 38.1 Å². The van der Waals surface area contributed by atoms with Crippen LogP contribution in [0.4, 0.5) is 0 Å². The fourth-order valence-corrected chi connectivity index (χ4v) is 3.49. The second kappa shape index (κ2) is 11.1. The van der Waals surface area contributed by atoms with Gasteiger partial charge in [-0.3, -0.25) is 14.5 Å². The van der Waals surface area contributed by atoms with E-state index >= 15 is 0 Å². The van der Waals surface area contributed by atoms with E-state index in [2.05, 4.69) is 15.5 Å².